The molecule has 1 aliphatic rings. The van der Waals surface area contributed by atoms with Gasteiger partial charge in [-0.1, -0.05) is 18.2 Å². The first kappa shape index (κ1) is 17.5. The molecule has 6 nitrogen and oxygen atoms in total. The van der Waals surface area contributed by atoms with Crippen LogP contribution in [0.1, 0.15) is 19.4 Å². The molecule has 0 unspecified atom stereocenters. The molecular weight excluding hydrogens is 318 g/mol. The zero-order chi connectivity index (χ0) is 17.8. The first-order chi connectivity index (χ1) is 12.1. The van der Waals surface area contributed by atoms with Gasteiger partial charge in [-0.2, -0.15) is 0 Å². The summed E-state index contributed by atoms with van der Waals surface area (Å²) in [6.45, 7) is 6.74. The number of nitrogens with zero attached hydrogens (tertiary/aromatic N) is 2. The van der Waals surface area contributed by atoms with Crippen LogP contribution < -0.4 is 0 Å². The SMILES string of the molecule is CCOC(=O)[C@H](C)N1CCN(C(=O)Cc2c[nH]c3ccccc23)CC1. The Bertz CT molecular complexity index is 747. The first-order valence-corrected chi connectivity index (χ1v) is 8.83. The van der Waals surface area contributed by atoms with Crippen LogP contribution in [0.25, 0.3) is 10.9 Å². The molecule has 0 saturated carbocycles. The van der Waals surface area contributed by atoms with Crippen LogP contribution in [-0.2, 0) is 20.7 Å². The summed E-state index contributed by atoms with van der Waals surface area (Å²) in [5.74, 6) is -0.0609. The molecule has 134 valence electrons. The number of nitrogens with one attached hydrogen (secondary N) is 1. The van der Waals surface area contributed by atoms with E-state index >= 15 is 0 Å². The average molecular weight is 343 g/mol. The molecule has 3 rings (SSSR count). The summed E-state index contributed by atoms with van der Waals surface area (Å²) in [6.07, 6.45) is 2.32. The highest BCUT2D eigenvalue weighted by molar-refractivity contribution is 5.89. The van der Waals surface area contributed by atoms with Gasteiger partial charge in [0.25, 0.3) is 0 Å². The lowest BCUT2D eigenvalue weighted by Gasteiger charge is -2.37. The van der Waals surface area contributed by atoms with Crippen molar-refractivity contribution in [2.75, 3.05) is 32.8 Å². The predicted octanol–water partition coefficient (Wildman–Crippen LogP) is 1.81. The molecule has 1 saturated heterocycles. The normalized spacial score (nSPS) is 16.8. The van der Waals surface area contributed by atoms with Crippen LogP contribution in [0.2, 0.25) is 0 Å². The van der Waals surface area contributed by atoms with E-state index in [4.69, 9.17) is 4.74 Å². The number of aromatic amines is 1. The van der Waals surface area contributed by atoms with Crippen molar-refractivity contribution in [1.82, 2.24) is 14.8 Å². The summed E-state index contributed by atoms with van der Waals surface area (Å²) >= 11 is 0. The second-order valence-corrected chi connectivity index (χ2v) is 6.38. The van der Waals surface area contributed by atoms with Crippen LogP contribution in [0, 0.1) is 0 Å². The van der Waals surface area contributed by atoms with Crippen molar-refractivity contribution in [3.8, 4) is 0 Å². The Kier molecular flexibility index (Phi) is 5.38. The van der Waals surface area contributed by atoms with E-state index in [9.17, 15) is 9.59 Å². The fraction of sp³-hybridized carbons (Fsp3) is 0.474. The van der Waals surface area contributed by atoms with Gasteiger partial charge in [0.15, 0.2) is 0 Å². The molecule has 1 fully saturated rings. The molecule has 1 N–H and O–H groups in total. The summed E-state index contributed by atoms with van der Waals surface area (Å²) in [7, 11) is 0. The summed E-state index contributed by atoms with van der Waals surface area (Å²) in [4.78, 5) is 31.6. The smallest absolute Gasteiger partial charge is 0.323 e. The number of amides is 1. The minimum Gasteiger partial charge on any atom is -0.465 e. The number of carbonyl (C=O) groups excluding carboxylic acids is 2. The topological polar surface area (TPSA) is 65.6 Å². The average Bonchev–Trinajstić information content (AvgIpc) is 3.04. The van der Waals surface area contributed by atoms with Gasteiger partial charge in [0.1, 0.15) is 6.04 Å². The molecule has 2 aromatic rings. The summed E-state index contributed by atoms with van der Waals surface area (Å²) < 4.78 is 5.08. The lowest BCUT2D eigenvalue weighted by Crippen LogP contribution is -2.53. The van der Waals surface area contributed by atoms with Gasteiger partial charge in [0.05, 0.1) is 13.0 Å². The number of piperazine rings is 1. The number of rotatable bonds is 5. The molecule has 0 aliphatic carbocycles. The Morgan fingerprint density at radius 1 is 1.20 bits per heavy atom. The third-order valence-electron chi connectivity index (χ3n) is 4.86. The van der Waals surface area contributed by atoms with Gasteiger partial charge in [-0.3, -0.25) is 14.5 Å². The van der Waals surface area contributed by atoms with E-state index in [-0.39, 0.29) is 17.9 Å². The molecule has 0 radical (unpaired) electrons. The fourth-order valence-corrected chi connectivity index (χ4v) is 3.32. The summed E-state index contributed by atoms with van der Waals surface area (Å²) in [6, 6.07) is 7.76. The van der Waals surface area contributed by atoms with E-state index in [0.717, 1.165) is 16.5 Å². The van der Waals surface area contributed by atoms with E-state index < -0.39 is 0 Å². The molecule has 2 heterocycles. The molecule has 1 atom stereocenters. The van der Waals surface area contributed by atoms with Gasteiger partial charge in [-0.25, -0.2) is 0 Å². The molecule has 0 bridgehead atoms. The largest absolute Gasteiger partial charge is 0.465 e. The monoisotopic (exact) mass is 343 g/mol. The number of H-pyrrole nitrogens is 1. The minimum absolute atomic E-state index is 0.133. The molecule has 25 heavy (non-hydrogen) atoms. The highest BCUT2D eigenvalue weighted by Gasteiger charge is 2.28. The standard InChI is InChI=1S/C19H25N3O3/c1-3-25-19(24)14(2)21-8-10-22(11-9-21)18(23)12-15-13-20-17-7-5-4-6-16(15)17/h4-7,13-14,20H,3,8-12H2,1-2H3/t14-/m0/s1. The number of hydrogen-bond acceptors (Lipinski definition) is 4. The second-order valence-electron chi connectivity index (χ2n) is 6.38. The van der Waals surface area contributed by atoms with Crippen LogP contribution in [0.5, 0.6) is 0 Å². The number of ether oxygens (including phenoxy) is 1. The van der Waals surface area contributed by atoms with Crippen molar-refractivity contribution in [3.05, 3.63) is 36.0 Å². The van der Waals surface area contributed by atoms with E-state index in [2.05, 4.69) is 9.88 Å². The maximum Gasteiger partial charge on any atom is 0.323 e. The van der Waals surface area contributed by atoms with Crippen LogP contribution in [0.4, 0.5) is 0 Å². The van der Waals surface area contributed by atoms with Gasteiger partial charge < -0.3 is 14.6 Å². The third kappa shape index (κ3) is 3.85. The Morgan fingerprint density at radius 2 is 1.92 bits per heavy atom. The summed E-state index contributed by atoms with van der Waals surface area (Å²) in [5, 5.41) is 1.10. The van der Waals surface area contributed by atoms with E-state index in [1.165, 1.54) is 0 Å². The number of esters is 1. The van der Waals surface area contributed by atoms with Gasteiger partial charge in [-0.05, 0) is 25.5 Å². The highest BCUT2D eigenvalue weighted by Crippen LogP contribution is 2.19. The maximum absolute atomic E-state index is 12.6. The molecular formula is C19H25N3O3. The van der Waals surface area contributed by atoms with Gasteiger partial charge >= 0.3 is 5.97 Å². The number of hydrogen-bond donors (Lipinski definition) is 1. The zero-order valence-electron chi connectivity index (χ0n) is 14.8. The van der Waals surface area contributed by atoms with Crippen molar-refractivity contribution >= 4 is 22.8 Å². The van der Waals surface area contributed by atoms with Crippen molar-refractivity contribution in [1.29, 1.82) is 0 Å². The maximum atomic E-state index is 12.6. The van der Waals surface area contributed by atoms with Gasteiger partial charge in [0.2, 0.25) is 5.91 Å². The molecule has 1 aromatic carbocycles. The Balaban J connectivity index is 1.56. The van der Waals surface area contributed by atoms with Crippen molar-refractivity contribution in [2.45, 2.75) is 26.3 Å². The van der Waals surface area contributed by atoms with Crippen molar-refractivity contribution in [2.24, 2.45) is 0 Å². The van der Waals surface area contributed by atoms with Crippen LogP contribution in [-0.4, -0.2) is 65.5 Å². The van der Waals surface area contributed by atoms with Gasteiger partial charge in [0, 0.05) is 43.3 Å². The number of aromatic nitrogens is 1. The van der Waals surface area contributed by atoms with Crippen LogP contribution in [0.15, 0.2) is 30.5 Å². The molecule has 0 spiro atoms. The number of carbonyl (C=O) groups is 2. The molecule has 6 heteroatoms. The minimum atomic E-state index is -0.259. The third-order valence-corrected chi connectivity index (χ3v) is 4.86. The number of para-hydroxylation sites is 1. The van der Waals surface area contributed by atoms with Crippen molar-refractivity contribution < 1.29 is 14.3 Å². The van der Waals surface area contributed by atoms with E-state index in [1.807, 2.05) is 49.2 Å². The second kappa shape index (κ2) is 7.70. The lowest BCUT2D eigenvalue weighted by atomic mass is 10.1. The Labute approximate surface area is 147 Å². The Morgan fingerprint density at radius 3 is 2.64 bits per heavy atom. The molecule has 1 amide bonds. The predicted molar refractivity (Wildman–Crippen MR) is 96.3 cm³/mol. The Hall–Kier alpha value is -2.34. The number of benzene rings is 1. The number of fused-ring (bicyclic) bond motifs is 1. The zero-order valence-corrected chi connectivity index (χ0v) is 14.8. The van der Waals surface area contributed by atoms with Crippen LogP contribution in [0.3, 0.4) is 0 Å². The van der Waals surface area contributed by atoms with Gasteiger partial charge in [-0.15, -0.1) is 0 Å². The van der Waals surface area contributed by atoms with E-state index in [0.29, 0.717) is 39.2 Å². The van der Waals surface area contributed by atoms with Crippen LogP contribution >= 0.6 is 0 Å². The fourth-order valence-electron chi connectivity index (χ4n) is 3.32. The summed E-state index contributed by atoms with van der Waals surface area (Å²) in [5.41, 5.74) is 2.08. The molecule has 1 aromatic heterocycles. The van der Waals surface area contributed by atoms with Crippen molar-refractivity contribution in [3.63, 3.8) is 0 Å². The molecule has 1 aliphatic heterocycles. The van der Waals surface area contributed by atoms with E-state index in [1.54, 1.807) is 0 Å². The quantitative estimate of drug-likeness (QED) is 0.841. The first-order valence-electron chi connectivity index (χ1n) is 8.83. The highest BCUT2D eigenvalue weighted by atomic mass is 16.5. The lowest BCUT2D eigenvalue weighted by molar-refractivity contribution is -0.149.